The quantitative estimate of drug-likeness (QED) is 0.114. The molecular weight excluding hydrogens is 494 g/mol. The number of alkyl halides is 9. The first-order valence-electron chi connectivity index (χ1n) is 9.28. The first-order chi connectivity index (χ1) is 14.0. The molecule has 0 N–H and O–H groups in total. The van der Waals surface area contributed by atoms with E-state index >= 15 is 0 Å². The summed E-state index contributed by atoms with van der Waals surface area (Å²) < 4.78 is 151. The molecule has 0 saturated heterocycles. The van der Waals surface area contributed by atoms with E-state index in [9.17, 15) is 47.9 Å². The SMILES string of the molecule is CCCCOC(C)OCCCCCCOS(=O)(=O)C(F)(F)C(F)(F)C(F)(F)C(F)(F)F.F. The van der Waals surface area contributed by atoms with Gasteiger partial charge in [-0.2, -0.15) is 47.9 Å². The summed E-state index contributed by atoms with van der Waals surface area (Å²) in [6.07, 6.45) is -5.06. The summed E-state index contributed by atoms with van der Waals surface area (Å²) >= 11 is 0. The maximum Gasteiger partial charge on any atom is 0.460 e. The molecule has 0 aromatic heterocycles. The zero-order valence-corrected chi connectivity index (χ0v) is 18.0. The van der Waals surface area contributed by atoms with Gasteiger partial charge in [-0.05, 0) is 26.2 Å². The van der Waals surface area contributed by atoms with E-state index in [4.69, 9.17) is 9.47 Å². The van der Waals surface area contributed by atoms with Crippen molar-refractivity contribution in [3.05, 3.63) is 0 Å². The molecule has 0 fully saturated rings. The summed E-state index contributed by atoms with van der Waals surface area (Å²) in [5.74, 6) is -14.6. The van der Waals surface area contributed by atoms with Gasteiger partial charge in [0.15, 0.2) is 6.29 Å². The van der Waals surface area contributed by atoms with Gasteiger partial charge in [-0.3, -0.25) is 8.89 Å². The Balaban J connectivity index is 0. The largest absolute Gasteiger partial charge is 0.460 e. The Kier molecular flexibility index (Phi) is 13.7. The molecule has 1 unspecified atom stereocenters. The summed E-state index contributed by atoms with van der Waals surface area (Å²) in [4.78, 5) is 0. The van der Waals surface area contributed by atoms with Crippen molar-refractivity contribution in [3.8, 4) is 0 Å². The van der Waals surface area contributed by atoms with Gasteiger partial charge >= 0.3 is 33.4 Å². The highest BCUT2D eigenvalue weighted by Crippen LogP contribution is 2.54. The Hall–Kier alpha value is -0.870. The predicted octanol–water partition coefficient (Wildman–Crippen LogP) is 5.65. The molecule has 0 spiro atoms. The van der Waals surface area contributed by atoms with Crippen LogP contribution in [0.2, 0.25) is 0 Å². The summed E-state index contributed by atoms with van der Waals surface area (Å²) in [5.41, 5.74) is 0. The molecule has 0 amide bonds. The number of hydrogen-bond donors (Lipinski definition) is 0. The lowest BCUT2D eigenvalue weighted by molar-refractivity contribution is -0.382. The highest BCUT2D eigenvalue weighted by Gasteiger charge is 2.85. The molecule has 5 nitrogen and oxygen atoms in total. The summed E-state index contributed by atoms with van der Waals surface area (Å²) in [5, 5.41) is -6.82. The fraction of sp³-hybridized carbons (Fsp3) is 1.00. The molecule has 1 atom stereocenters. The van der Waals surface area contributed by atoms with Crippen molar-refractivity contribution in [1.82, 2.24) is 0 Å². The second-order valence-electron chi connectivity index (χ2n) is 6.52. The van der Waals surface area contributed by atoms with Crippen LogP contribution in [0.3, 0.4) is 0 Å². The fourth-order valence-electron chi connectivity index (χ4n) is 2.01. The van der Waals surface area contributed by atoms with Gasteiger partial charge in [0, 0.05) is 13.2 Å². The molecule has 32 heavy (non-hydrogen) atoms. The van der Waals surface area contributed by atoms with Gasteiger partial charge in [0.1, 0.15) is 0 Å². The molecule has 0 aromatic rings. The van der Waals surface area contributed by atoms with Gasteiger partial charge in [-0.15, -0.1) is 0 Å². The van der Waals surface area contributed by atoms with Crippen molar-refractivity contribution in [2.45, 2.75) is 81.9 Å². The van der Waals surface area contributed by atoms with E-state index in [0.29, 0.717) is 19.4 Å². The van der Waals surface area contributed by atoms with E-state index in [-0.39, 0.29) is 24.2 Å². The minimum Gasteiger partial charge on any atom is -0.353 e. The number of halogens is 10. The van der Waals surface area contributed by atoms with Crippen molar-refractivity contribution in [1.29, 1.82) is 0 Å². The number of unbranched alkanes of at least 4 members (excludes halogenated alkanes) is 4. The van der Waals surface area contributed by atoms with Crippen molar-refractivity contribution in [2.75, 3.05) is 19.8 Å². The molecule has 0 saturated carbocycles. The number of ether oxygens (including phenoxy) is 2. The molecule has 0 aromatic carbocycles. The standard InChI is InChI=1S/C16H25F9O5S.FH/c1-3-4-9-28-12(2)29-10-7-5-6-8-11-30-31(26,27)16(24,25)14(19,20)13(17,18)15(21,22)23;/h12H,3-11H2,1-2H3;1H. The van der Waals surface area contributed by atoms with Crippen LogP contribution in [0.15, 0.2) is 0 Å². The summed E-state index contributed by atoms with van der Waals surface area (Å²) in [7, 11) is -6.79. The van der Waals surface area contributed by atoms with Crippen LogP contribution in [0.4, 0.5) is 44.2 Å². The zero-order valence-electron chi connectivity index (χ0n) is 17.2. The van der Waals surface area contributed by atoms with Gasteiger partial charge in [0.05, 0.1) is 6.61 Å². The lowest BCUT2D eigenvalue weighted by atomic mass is 10.1. The van der Waals surface area contributed by atoms with E-state index in [1.165, 1.54) is 0 Å². The van der Waals surface area contributed by atoms with Crippen LogP contribution in [0.25, 0.3) is 0 Å². The lowest BCUT2D eigenvalue weighted by Gasteiger charge is -2.32. The van der Waals surface area contributed by atoms with Crippen molar-refractivity contribution in [3.63, 3.8) is 0 Å². The highest BCUT2D eigenvalue weighted by atomic mass is 32.2. The molecule has 0 radical (unpaired) electrons. The van der Waals surface area contributed by atoms with Crippen LogP contribution < -0.4 is 0 Å². The highest BCUT2D eigenvalue weighted by molar-refractivity contribution is 7.87. The van der Waals surface area contributed by atoms with Gasteiger partial charge in [-0.25, -0.2) is 0 Å². The van der Waals surface area contributed by atoms with Gasteiger partial charge < -0.3 is 9.47 Å². The normalized spacial score (nSPS) is 14.8. The van der Waals surface area contributed by atoms with Gasteiger partial charge in [0.25, 0.3) is 0 Å². The molecule has 0 aliphatic heterocycles. The number of rotatable bonds is 16. The van der Waals surface area contributed by atoms with Gasteiger partial charge in [0.2, 0.25) is 0 Å². The molecule has 16 heteroatoms. The molecule has 0 aliphatic rings. The third-order valence-electron chi connectivity index (χ3n) is 3.91. The molecule has 0 rings (SSSR count). The van der Waals surface area contributed by atoms with Crippen LogP contribution in [0, 0.1) is 0 Å². The first kappa shape index (κ1) is 33.3. The molecule has 0 aliphatic carbocycles. The maximum atomic E-state index is 13.4. The van der Waals surface area contributed by atoms with Crippen molar-refractivity contribution < 1.29 is 66.3 Å². The second-order valence-corrected chi connectivity index (χ2v) is 8.17. The van der Waals surface area contributed by atoms with E-state index in [1.54, 1.807) is 6.92 Å². The molecule has 0 heterocycles. The van der Waals surface area contributed by atoms with E-state index < -0.39 is 46.3 Å². The maximum absolute atomic E-state index is 13.4. The lowest BCUT2D eigenvalue weighted by Crippen LogP contribution is -2.63. The smallest absolute Gasteiger partial charge is 0.353 e. The average molecular weight is 520 g/mol. The van der Waals surface area contributed by atoms with Crippen LogP contribution >= 0.6 is 0 Å². The fourth-order valence-corrected chi connectivity index (χ4v) is 2.94. The van der Waals surface area contributed by atoms with E-state index in [1.807, 2.05) is 6.92 Å². The first-order valence-corrected chi connectivity index (χ1v) is 10.7. The molecule has 0 bridgehead atoms. The third-order valence-corrected chi connectivity index (χ3v) is 5.27. The minimum atomic E-state index is -7.31. The van der Waals surface area contributed by atoms with Crippen LogP contribution in [-0.4, -0.2) is 57.8 Å². The summed E-state index contributed by atoms with van der Waals surface area (Å²) in [6.45, 7) is 3.31. The van der Waals surface area contributed by atoms with Crippen LogP contribution in [-0.2, 0) is 23.8 Å². The van der Waals surface area contributed by atoms with E-state index in [0.717, 1.165) is 12.8 Å². The number of hydrogen-bond acceptors (Lipinski definition) is 5. The van der Waals surface area contributed by atoms with Crippen LogP contribution in [0.5, 0.6) is 0 Å². The Morgan fingerprint density at radius 3 is 1.59 bits per heavy atom. The monoisotopic (exact) mass is 520 g/mol. The molecular formula is C16H26F10O5S. The minimum absolute atomic E-state index is 0. The Morgan fingerprint density at radius 2 is 1.16 bits per heavy atom. The Bertz CT molecular complexity index is 625. The topological polar surface area (TPSA) is 61.8 Å². The predicted molar refractivity (Wildman–Crippen MR) is 93.0 cm³/mol. The molecule has 196 valence electrons. The van der Waals surface area contributed by atoms with Crippen LogP contribution in [0.1, 0.15) is 52.4 Å². The van der Waals surface area contributed by atoms with Gasteiger partial charge in [-0.1, -0.05) is 26.2 Å². The summed E-state index contributed by atoms with van der Waals surface area (Å²) in [6, 6.07) is 0. The van der Waals surface area contributed by atoms with Crippen molar-refractivity contribution in [2.24, 2.45) is 0 Å². The van der Waals surface area contributed by atoms with E-state index in [2.05, 4.69) is 4.18 Å². The van der Waals surface area contributed by atoms with Crippen molar-refractivity contribution >= 4 is 10.1 Å². The second kappa shape index (κ2) is 13.1. The third kappa shape index (κ3) is 8.48. The zero-order chi connectivity index (χ0) is 24.6. The Morgan fingerprint density at radius 1 is 0.719 bits per heavy atom. The average Bonchev–Trinajstić information content (AvgIpc) is 2.62. The Labute approximate surface area is 179 Å².